The molecule has 0 aliphatic heterocycles. The van der Waals surface area contributed by atoms with Gasteiger partial charge in [-0.3, -0.25) is 0 Å². The minimum Gasteiger partial charge on any atom is -0.489 e. The summed E-state index contributed by atoms with van der Waals surface area (Å²) in [5.41, 5.74) is 2.89. The van der Waals surface area contributed by atoms with Gasteiger partial charge in [0, 0.05) is 0 Å². The highest BCUT2D eigenvalue weighted by Gasteiger charge is 2.22. The Morgan fingerprint density at radius 2 is 1.92 bits per heavy atom. The summed E-state index contributed by atoms with van der Waals surface area (Å²) in [6, 6.07) is 6.88. The molecule has 0 bridgehead atoms. The van der Waals surface area contributed by atoms with E-state index in [9.17, 15) is 0 Å². The zero-order valence-electron chi connectivity index (χ0n) is 15.6. The molecular formula is C23H34O. The Labute approximate surface area is 148 Å². The van der Waals surface area contributed by atoms with Crippen LogP contribution in [0.4, 0.5) is 0 Å². The molecule has 2 rings (SSSR count). The van der Waals surface area contributed by atoms with Crippen LogP contribution in [0.1, 0.15) is 75.8 Å². The molecule has 24 heavy (non-hydrogen) atoms. The summed E-state index contributed by atoms with van der Waals surface area (Å²) in [7, 11) is 0. The van der Waals surface area contributed by atoms with Crippen LogP contribution in [-0.2, 0) is 6.42 Å². The summed E-state index contributed by atoms with van der Waals surface area (Å²) in [4.78, 5) is 0. The molecule has 132 valence electrons. The van der Waals surface area contributed by atoms with Gasteiger partial charge in [0.2, 0.25) is 0 Å². The second-order valence-corrected chi connectivity index (χ2v) is 7.05. The molecule has 1 aliphatic rings. The molecule has 0 amide bonds. The lowest BCUT2D eigenvalue weighted by Gasteiger charge is -2.28. The lowest BCUT2D eigenvalue weighted by molar-refractivity contribution is 0.327. The maximum absolute atomic E-state index is 5.83. The van der Waals surface area contributed by atoms with Gasteiger partial charge in [0.1, 0.15) is 12.4 Å². The van der Waals surface area contributed by atoms with Gasteiger partial charge >= 0.3 is 0 Å². The van der Waals surface area contributed by atoms with Crippen LogP contribution in [0.25, 0.3) is 0 Å². The highest BCUT2D eigenvalue weighted by atomic mass is 16.5. The highest BCUT2D eigenvalue weighted by Crippen LogP contribution is 2.38. The first-order valence-electron chi connectivity index (χ1n) is 9.79. The zero-order valence-corrected chi connectivity index (χ0v) is 15.6. The maximum atomic E-state index is 5.83. The minimum absolute atomic E-state index is 0.590. The molecule has 1 heteroatoms. The van der Waals surface area contributed by atoms with E-state index >= 15 is 0 Å². The second kappa shape index (κ2) is 10.4. The van der Waals surface area contributed by atoms with Crippen molar-refractivity contribution in [3.05, 3.63) is 54.1 Å². The van der Waals surface area contributed by atoms with Gasteiger partial charge in [0.05, 0.1) is 0 Å². The molecule has 0 unspecified atom stereocenters. The van der Waals surface area contributed by atoms with Crippen LogP contribution >= 0.6 is 0 Å². The summed E-state index contributed by atoms with van der Waals surface area (Å²) in [5, 5.41) is 0. The monoisotopic (exact) mass is 326 g/mol. The normalized spacial score (nSPS) is 21.1. The van der Waals surface area contributed by atoms with Gasteiger partial charge in [-0.2, -0.15) is 0 Å². The van der Waals surface area contributed by atoms with Gasteiger partial charge in [0.25, 0.3) is 0 Å². The van der Waals surface area contributed by atoms with Crippen molar-refractivity contribution in [2.75, 3.05) is 6.61 Å². The topological polar surface area (TPSA) is 9.23 Å². The van der Waals surface area contributed by atoms with Gasteiger partial charge in [-0.15, -0.1) is 0 Å². The van der Waals surface area contributed by atoms with Crippen LogP contribution in [0, 0.1) is 5.92 Å². The van der Waals surface area contributed by atoms with E-state index in [0.29, 0.717) is 6.61 Å². The van der Waals surface area contributed by atoms with Crippen molar-refractivity contribution < 1.29 is 4.74 Å². The molecule has 1 aromatic rings. The van der Waals surface area contributed by atoms with Gasteiger partial charge in [0.15, 0.2) is 0 Å². The zero-order chi connectivity index (χ0) is 17.2. The Bertz CT molecular complexity index is 521. The van der Waals surface area contributed by atoms with Crippen molar-refractivity contribution in [3.63, 3.8) is 0 Å². The minimum atomic E-state index is 0.590. The molecule has 0 N–H and O–H groups in total. The lowest BCUT2D eigenvalue weighted by atomic mass is 9.77. The third kappa shape index (κ3) is 5.54. The molecule has 1 fully saturated rings. The van der Waals surface area contributed by atoms with E-state index in [1.807, 2.05) is 6.08 Å². The van der Waals surface area contributed by atoms with Crippen LogP contribution in [0.5, 0.6) is 5.75 Å². The molecule has 0 heterocycles. The van der Waals surface area contributed by atoms with Crippen molar-refractivity contribution in [2.45, 2.75) is 71.1 Å². The van der Waals surface area contributed by atoms with E-state index in [2.05, 4.69) is 50.8 Å². The fourth-order valence-corrected chi connectivity index (χ4v) is 3.79. The third-order valence-corrected chi connectivity index (χ3v) is 5.15. The van der Waals surface area contributed by atoms with Crippen molar-refractivity contribution >= 4 is 0 Å². The molecule has 0 atom stereocenters. The Morgan fingerprint density at radius 1 is 1.12 bits per heavy atom. The SMILES string of the molecule is C=CCOc1ccc(C2CCC(C/C=C/CC)CC2)cc1CCC. The van der Waals surface area contributed by atoms with Crippen molar-refractivity contribution in [3.8, 4) is 5.75 Å². The number of rotatable bonds is 9. The summed E-state index contributed by atoms with van der Waals surface area (Å²) in [6.45, 7) is 8.78. The van der Waals surface area contributed by atoms with E-state index in [4.69, 9.17) is 4.74 Å². The van der Waals surface area contributed by atoms with Crippen molar-refractivity contribution in [1.29, 1.82) is 0 Å². The predicted octanol–water partition coefficient (Wildman–Crippen LogP) is 6.83. The first kappa shape index (κ1) is 18.8. The number of hydrogen-bond donors (Lipinski definition) is 0. The predicted molar refractivity (Wildman–Crippen MR) is 105 cm³/mol. The smallest absolute Gasteiger partial charge is 0.122 e. The van der Waals surface area contributed by atoms with E-state index < -0.39 is 0 Å². The summed E-state index contributed by atoms with van der Waals surface area (Å²) < 4.78 is 5.83. The van der Waals surface area contributed by atoms with Gasteiger partial charge in [-0.1, -0.05) is 57.2 Å². The summed E-state index contributed by atoms with van der Waals surface area (Å²) >= 11 is 0. The van der Waals surface area contributed by atoms with E-state index in [-0.39, 0.29) is 0 Å². The fourth-order valence-electron chi connectivity index (χ4n) is 3.79. The molecule has 1 saturated carbocycles. The molecule has 0 saturated heterocycles. The Hall–Kier alpha value is -1.50. The van der Waals surface area contributed by atoms with Crippen molar-refractivity contribution in [1.82, 2.24) is 0 Å². The average molecular weight is 327 g/mol. The molecule has 0 spiro atoms. The fraction of sp³-hybridized carbons (Fsp3) is 0.565. The average Bonchev–Trinajstić information content (AvgIpc) is 2.62. The number of aryl methyl sites for hydroxylation is 1. The van der Waals surface area contributed by atoms with Crippen LogP contribution in [0.15, 0.2) is 43.0 Å². The van der Waals surface area contributed by atoms with Crippen LogP contribution in [0.2, 0.25) is 0 Å². The largest absolute Gasteiger partial charge is 0.489 e. The Morgan fingerprint density at radius 3 is 2.58 bits per heavy atom. The highest BCUT2D eigenvalue weighted by molar-refractivity contribution is 5.39. The van der Waals surface area contributed by atoms with Crippen molar-refractivity contribution in [2.24, 2.45) is 5.92 Å². The first-order chi connectivity index (χ1) is 11.8. The molecule has 0 radical (unpaired) electrons. The lowest BCUT2D eigenvalue weighted by Crippen LogP contribution is -2.13. The summed E-state index contributed by atoms with van der Waals surface area (Å²) in [6.07, 6.45) is 16.6. The van der Waals surface area contributed by atoms with Crippen LogP contribution < -0.4 is 4.74 Å². The van der Waals surface area contributed by atoms with Crippen LogP contribution in [0.3, 0.4) is 0 Å². The third-order valence-electron chi connectivity index (χ3n) is 5.15. The van der Waals surface area contributed by atoms with E-state index in [1.165, 1.54) is 43.2 Å². The van der Waals surface area contributed by atoms with Gasteiger partial charge in [-0.05, 0) is 74.0 Å². The molecular weight excluding hydrogens is 292 g/mol. The van der Waals surface area contributed by atoms with Gasteiger partial charge < -0.3 is 4.74 Å². The molecule has 0 aromatic heterocycles. The van der Waals surface area contributed by atoms with Gasteiger partial charge in [-0.25, -0.2) is 0 Å². The Kier molecular flexibility index (Phi) is 8.15. The maximum Gasteiger partial charge on any atom is 0.122 e. The Balaban J connectivity index is 1.98. The molecule has 1 nitrogen and oxygen atoms in total. The first-order valence-corrected chi connectivity index (χ1v) is 9.79. The molecule has 1 aliphatic carbocycles. The van der Waals surface area contributed by atoms with Crippen LogP contribution in [-0.4, -0.2) is 6.61 Å². The quantitative estimate of drug-likeness (QED) is 0.452. The number of allylic oxidation sites excluding steroid dienone is 2. The van der Waals surface area contributed by atoms with E-state index in [0.717, 1.165) is 36.8 Å². The second-order valence-electron chi connectivity index (χ2n) is 7.05. The number of benzene rings is 1. The van der Waals surface area contributed by atoms with E-state index in [1.54, 1.807) is 0 Å². The molecule has 1 aromatic carbocycles. The number of ether oxygens (including phenoxy) is 1. The summed E-state index contributed by atoms with van der Waals surface area (Å²) in [5.74, 6) is 2.67. The standard InChI is InChI=1S/C23H34O/c1-4-7-8-10-19-11-13-20(14-12-19)21-15-16-23(24-17-6-3)22(18-21)9-5-2/h6-8,15-16,18-20H,3-5,9-14,17H2,1-2H3/b8-7+. The number of hydrogen-bond acceptors (Lipinski definition) is 1.